The first-order valence-corrected chi connectivity index (χ1v) is 6.85. The Bertz CT molecular complexity index is 424. The average molecular weight is 281 g/mol. The van der Waals surface area contributed by atoms with Gasteiger partial charge in [0.25, 0.3) is 0 Å². The minimum Gasteiger partial charge on any atom is -0.464 e. The van der Waals surface area contributed by atoms with Crippen LogP contribution in [0.2, 0.25) is 0 Å². The van der Waals surface area contributed by atoms with E-state index < -0.39 is 5.97 Å². The van der Waals surface area contributed by atoms with Crippen molar-refractivity contribution in [1.29, 1.82) is 0 Å². The fourth-order valence-electron chi connectivity index (χ4n) is 1.56. The molecule has 6 heteroatoms. The first kappa shape index (κ1) is 16.2. The minimum atomic E-state index is -0.476. The molecular formula is C14H23N3O3. The molecule has 0 saturated carbocycles. The number of esters is 1. The van der Waals surface area contributed by atoms with E-state index in [0.717, 1.165) is 25.9 Å². The van der Waals surface area contributed by atoms with Gasteiger partial charge in [-0.3, -0.25) is 0 Å². The number of hydrogen-bond donors (Lipinski definition) is 2. The number of ether oxygens (including phenoxy) is 2. The van der Waals surface area contributed by atoms with Gasteiger partial charge in [-0.1, -0.05) is 13.3 Å². The van der Waals surface area contributed by atoms with Crippen LogP contribution >= 0.6 is 0 Å². The molecule has 0 aromatic carbocycles. The van der Waals surface area contributed by atoms with Crippen LogP contribution in [0.5, 0.6) is 0 Å². The molecule has 0 aliphatic carbocycles. The van der Waals surface area contributed by atoms with E-state index in [1.807, 2.05) is 0 Å². The smallest absolute Gasteiger partial charge is 0.356 e. The van der Waals surface area contributed by atoms with Crippen LogP contribution in [0.15, 0.2) is 12.1 Å². The zero-order valence-electron chi connectivity index (χ0n) is 12.1. The first-order chi connectivity index (χ1) is 9.69. The van der Waals surface area contributed by atoms with Gasteiger partial charge in [0.1, 0.15) is 5.82 Å². The zero-order valence-corrected chi connectivity index (χ0v) is 12.1. The van der Waals surface area contributed by atoms with Gasteiger partial charge in [0.2, 0.25) is 0 Å². The van der Waals surface area contributed by atoms with E-state index >= 15 is 0 Å². The molecule has 0 saturated heterocycles. The molecule has 0 spiro atoms. The fourth-order valence-corrected chi connectivity index (χ4v) is 1.56. The lowest BCUT2D eigenvalue weighted by Crippen LogP contribution is -2.12. The van der Waals surface area contributed by atoms with Gasteiger partial charge in [-0.2, -0.15) is 0 Å². The quantitative estimate of drug-likeness (QED) is 0.532. The normalized spacial score (nSPS) is 10.3. The maximum atomic E-state index is 11.4. The van der Waals surface area contributed by atoms with E-state index in [1.54, 1.807) is 12.1 Å². The third-order valence-corrected chi connectivity index (χ3v) is 2.72. The lowest BCUT2D eigenvalue weighted by atomic mass is 10.3. The summed E-state index contributed by atoms with van der Waals surface area (Å²) >= 11 is 0. The molecule has 0 fully saturated rings. The highest BCUT2D eigenvalue weighted by Crippen LogP contribution is 2.16. The molecule has 0 aliphatic rings. The molecule has 0 bridgehead atoms. The number of nitrogens with one attached hydrogen (secondary N) is 1. The molecule has 3 N–H and O–H groups in total. The number of nitrogen functional groups attached to an aromatic ring is 1. The summed E-state index contributed by atoms with van der Waals surface area (Å²) in [7, 11) is 1.32. The molecule has 0 atom stereocenters. The lowest BCUT2D eigenvalue weighted by molar-refractivity contribution is 0.0594. The number of carbonyl (C=O) groups excluding carboxylic acids is 1. The molecule has 1 heterocycles. The van der Waals surface area contributed by atoms with E-state index in [-0.39, 0.29) is 5.69 Å². The molecule has 1 aromatic rings. The summed E-state index contributed by atoms with van der Waals surface area (Å²) in [6.07, 6.45) is 3.08. The van der Waals surface area contributed by atoms with Crippen molar-refractivity contribution in [2.24, 2.45) is 0 Å². The van der Waals surface area contributed by atoms with Crippen molar-refractivity contribution in [2.45, 2.75) is 26.2 Å². The summed E-state index contributed by atoms with van der Waals surface area (Å²) in [6.45, 7) is 4.32. The van der Waals surface area contributed by atoms with Gasteiger partial charge in [-0.25, -0.2) is 9.78 Å². The third kappa shape index (κ3) is 5.44. The zero-order chi connectivity index (χ0) is 14.8. The number of rotatable bonds is 9. The number of aromatic nitrogens is 1. The second-order valence-electron chi connectivity index (χ2n) is 4.37. The molecule has 0 radical (unpaired) electrons. The Kier molecular flexibility index (Phi) is 7.42. The van der Waals surface area contributed by atoms with E-state index in [4.69, 9.17) is 10.5 Å². The largest absolute Gasteiger partial charge is 0.464 e. The van der Waals surface area contributed by atoms with E-state index in [2.05, 4.69) is 22.0 Å². The summed E-state index contributed by atoms with van der Waals surface area (Å²) in [6, 6.07) is 3.18. The van der Waals surface area contributed by atoms with Gasteiger partial charge < -0.3 is 20.5 Å². The maximum absolute atomic E-state index is 11.4. The number of pyridine rings is 1. The predicted molar refractivity (Wildman–Crippen MR) is 78.8 cm³/mol. The molecule has 0 unspecified atom stereocenters. The monoisotopic (exact) mass is 281 g/mol. The summed E-state index contributed by atoms with van der Waals surface area (Å²) in [5.74, 6) is 0.0254. The number of unbranched alkanes of at least 4 members (excludes halogenated alkanes) is 1. The van der Waals surface area contributed by atoms with Crippen LogP contribution in [-0.2, 0) is 9.47 Å². The third-order valence-electron chi connectivity index (χ3n) is 2.72. The van der Waals surface area contributed by atoms with E-state index in [9.17, 15) is 4.79 Å². The Morgan fingerprint density at radius 2 is 2.10 bits per heavy atom. The summed E-state index contributed by atoms with van der Waals surface area (Å²) in [4.78, 5) is 15.5. The van der Waals surface area contributed by atoms with Gasteiger partial charge >= 0.3 is 5.97 Å². The number of hydrogen-bond acceptors (Lipinski definition) is 6. The highest BCUT2D eigenvalue weighted by Gasteiger charge is 2.09. The summed E-state index contributed by atoms with van der Waals surface area (Å²) < 4.78 is 10.1. The molecule has 1 aromatic heterocycles. The van der Waals surface area contributed by atoms with Crippen LogP contribution in [0.4, 0.5) is 11.5 Å². The van der Waals surface area contributed by atoms with Crippen LogP contribution < -0.4 is 11.1 Å². The van der Waals surface area contributed by atoms with Gasteiger partial charge in [0, 0.05) is 19.8 Å². The molecule has 0 aliphatic heterocycles. The van der Waals surface area contributed by atoms with Crippen LogP contribution in [0.3, 0.4) is 0 Å². The number of nitrogens with zero attached hydrogens (tertiary/aromatic N) is 1. The highest BCUT2D eigenvalue weighted by molar-refractivity contribution is 5.88. The van der Waals surface area contributed by atoms with Crippen molar-refractivity contribution in [3.63, 3.8) is 0 Å². The van der Waals surface area contributed by atoms with E-state index in [1.165, 1.54) is 7.11 Å². The van der Waals surface area contributed by atoms with Crippen molar-refractivity contribution in [3.05, 3.63) is 17.8 Å². The molecule has 112 valence electrons. The van der Waals surface area contributed by atoms with Crippen LogP contribution in [0, 0.1) is 0 Å². The molecule has 1 rings (SSSR count). The Hall–Kier alpha value is -1.82. The fraction of sp³-hybridized carbons (Fsp3) is 0.571. The number of carbonyl (C=O) groups is 1. The minimum absolute atomic E-state index is 0.239. The van der Waals surface area contributed by atoms with Crippen LogP contribution in [-0.4, -0.2) is 37.8 Å². The number of methoxy groups -OCH3 is 1. The Balaban J connectivity index is 2.37. The SMILES string of the molecule is CCCCOCCCNc1nc(C(=O)OC)ccc1N. The molecule has 6 nitrogen and oxygen atoms in total. The lowest BCUT2D eigenvalue weighted by Gasteiger charge is -2.09. The maximum Gasteiger partial charge on any atom is 0.356 e. The van der Waals surface area contributed by atoms with Crippen LogP contribution in [0.25, 0.3) is 0 Å². The van der Waals surface area contributed by atoms with Crippen LogP contribution in [0.1, 0.15) is 36.7 Å². The topological polar surface area (TPSA) is 86.5 Å². The predicted octanol–water partition coefficient (Wildman–Crippen LogP) is 2.07. The standard InChI is InChI=1S/C14H23N3O3/c1-3-4-9-20-10-5-8-16-13-11(15)6-7-12(17-13)14(18)19-2/h6-7H,3-5,8-10,15H2,1-2H3,(H,16,17). The van der Waals surface area contributed by atoms with Crippen molar-refractivity contribution in [1.82, 2.24) is 4.98 Å². The average Bonchev–Trinajstić information content (AvgIpc) is 2.47. The van der Waals surface area contributed by atoms with E-state index in [0.29, 0.717) is 24.7 Å². The summed E-state index contributed by atoms with van der Waals surface area (Å²) in [5.41, 5.74) is 6.55. The van der Waals surface area contributed by atoms with Gasteiger partial charge in [0.15, 0.2) is 5.69 Å². The van der Waals surface area contributed by atoms with Gasteiger partial charge in [-0.15, -0.1) is 0 Å². The molecule has 20 heavy (non-hydrogen) atoms. The first-order valence-electron chi connectivity index (χ1n) is 6.85. The molecular weight excluding hydrogens is 258 g/mol. The summed E-state index contributed by atoms with van der Waals surface area (Å²) in [5, 5.41) is 3.10. The number of anilines is 2. The van der Waals surface area contributed by atoms with Crippen molar-refractivity contribution in [3.8, 4) is 0 Å². The number of nitrogens with two attached hydrogens (primary N) is 1. The van der Waals surface area contributed by atoms with Crippen molar-refractivity contribution in [2.75, 3.05) is 37.9 Å². The van der Waals surface area contributed by atoms with Crippen molar-refractivity contribution >= 4 is 17.5 Å². The Morgan fingerprint density at radius 1 is 1.35 bits per heavy atom. The highest BCUT2D eigenvalue weighted by atomic mass is 16.5. The van der Waals surface area contributed by atoms with Gasteiger partial charge in [0.05, 0.1) is 12.8 Å². The Labute approximate surface area is 119 Å². The Morgan fingerprint density at radius 3 is 2.80 bits per heavy atom. The second kappa shape index (κ2) is 9.14. The van der Waals surface area contributed by atoms with Crippen molar-refractivity contribution < 1.29 is 14.3 Å². The molecule has 0 amide bonds. The second-order valence-corrected chi connectivity index (χ2v) is 4.37. The van der Waals surface area contributed by atoms with Gasteiger partial charge in [-0.05, 0) is 25.0 Å².